The molecule has 0 bridgehead atoms. The number of hydrogen-bond acceptors (Lipinski definition) is 2. The van der Waals surface area contributed by atoms with Crippen LogP contribution in [0.15, 0.2) is 24.3 Å². The van der Waals surface area contributed by atoms with E-state index in [1.807, 2.05) is 12.1 Å². The van der Waals surface area contributed by atoms with Crippen LogP contribution in [-0.2, 0) is 0 Å². The van der Waals surface area contributed by atoms with Gasteiger partial charge < -0.3 is 5.32 Å². The van der Waals surface area contributed by atoms with Crippen LogP contribution in [0.4, 0.5) is 0 Å². The highest BCUT2D eigenvalue weighted by Gasteiger charge is 2.13. The van der Waals surface area contributed by atoms with Gasteiger partial charge in [0.05, 0.1) is 0 Å². The first-order chi connectivity index (χ1) is 9.52. The molecule has 114 valence electrons. The largest absolute Gasteiger partial charge is 0.315 e. The zero-order valence-corrected chi connectivity index (χ0v) is 14.1. The average molecular weight is 297 g/mol. The minimum absolute atomic E-state index is 0.373. The Morgan fingerprint density at radius 1 is 1.10 bits per heavy atom. The number of rotatable bonds is 9. The van der Waals surface area contributed by atoms with Crippen molar-refractivity contribution in [2.75, 3.05) is 20.1 Å². The number of nitrogens with one attached hydrogen (secondary N) is 1. The molecule has 0 fully saturated rings. The second-order valence-corrected chi connectivity index (χ2v) is 6.25. The summed E-state index contributed by atoms with van der Waals surface area (Å²) in [6.45, 7) is 8.86. The Bertz CT molecular complexity index is 379. The van der Waals surface area contributed by atoms with E-state index in [0.717, 1.165) is 18.1 Å². The van der Waals surface area contributed by atoms with Crippen molar-refractivity contribution in [3.8, 4) is 0 Å². The molecule has 0 saturated carbocycles. The van der Waals surface area contributed by atoms with Gasteiger partial charge in [-0.1, -0.05) is 50.1 Å². The molecule has 1 aromatic rings. The third-order valence-corrected chi connectivity index (χ3v) is 4.10. The summed E-state index contributed by atoms with van der Waals surface area (Å²) in [6.07, 6.45) is 3.77. The van der Waals surface area contributed by atoms with Crippen LogP contribution < -0.4 is 5.32 Å². The van der Waals surface area contributed by atoms with Crippen molar-refractivity contribution in [3.05, 3.63) is 34.9 Å². The Morgan fingerprint density at radius 3 is 2.45 bits per heavy atom. The predicted octanol–water partition coefficient (Wildman–Crippen LogP) is 4.50. The highest BCUT2D eigenvalue weighted by atomic mass is 35.5. The Balaban J connectivity index is 2.25. The molecular formula is C17H29ClN2. The molecule has 0 spiro atoms. The fraction of sp³-hybridized carbons (Fsp3) is 0.647. The van der Waals surface area contributed by atoms with E-state index in [1.54, 1.807) is 0 Å². The summed E-state index contributed by atoms with van der Waals surface area (Å²) in [5.41, 5.74) is 1.22. The third-order valence-electron chi connectivity index (χ3n) is 3.76. The first-order valence-corrected chi connectivity index (χ1v) is 8.08. The van der Waals surface area contributed by atoms with Gasteiger partial charge in [0.1, 0.15) is 0 Å². The van der Waals surface area contributed by atoms with Crippen molar-refractivity contribution >= 4 is 11.6 Å². The van der Waals surface area contributed by atoms with Gasteiger partial charge in [-0.3, -0.25) is 4.90 Å². The number of hydrogen-bond donors (Lipinski definition) is 1. The smallest absolute Gasteiger partial charge is 0.0453 e. The molecule has 0 heterocycles. The topological polar surface area (TPSA) is 15.3 Å². The Kier molecular flexibility index (Phi) is 8.20. The lowest BCUT2D eigenvalue weighted by molar-refractivity contribution is 0.255. The highest BCUT2D eigenvalue weighted by molar-refractivity contribution is 6.31. The van der Waals surface area contributed by atoms with Crippen molar-refractivity contribution in [2.45, 2.75) is 52.1 Å². The molecule has 0 amide bonds. The second-order valence-electron chi connectivity index (χ2n) is 5.85. The van der Waals surface area contributed by atoms with Gasteiger partial charge in [0, 0.05) is 17.1 Å². The average Bonchev–Trinajstić information content (AvgIpc) is 2.42. The molecule has 1 N–H and O–H groups in total. The lowest BCUT2D eigenvalue weighted by atomic mass is 10.1. The number of benzene rings is 1. The zero-order valence-electron chi connectivity index (χ0n) is 13.3. The summed E-state index contributed by atoms with van der Waals surface area (Å²) in [7, 11) is 2.18. The first kappa shape index (κ1) is 17.5. The van der Waals surface area contributed by atoms with E-state index in [1.165, 1.54) is 24.8 Å². The van der Waals surface area contributed by atoms with E-state index < -0.39 is 0 Å². The summed E-state index contributed by atoms with van der Waals surface area (Å²) >= 11 is 6.26. The van der Waals surface area contributed by atoms with Crippen LogP contribution in [0.2, 0.25) is 5.02 Å². The van der Waals surface area contributed by atoms with Crippen molar-refractivity contribution in [1.29, 1.82) is 0 Å². The Labute approximate surface area is 129 Å². The number of unbranched alkanes of at least 4 members (excludes halogenated alkanes) is 2. The molecule has 0 aliphatic heterocycles. The summed E-state index contributed by atoms with van der Waals surface area (Å²) in [5.74, 6) is 0. The standard InChI is InChI=1S/C17H29ClN2/c1-14(2)19-12-8-5-9-13-20(4)15(3)16-10-6-7-11-17(16)18/h6-7,10-11,14-15,19H,5,8-9,12-13H2,1-4H3. The fourth-order valence-electron chi connectivity index (χ4n) is 2.30. The maximum atomic E-state index is 6.26. The maximum Gasteiger partial charge on any atom is 0.0453 e. The highest BCUT2D eigenvalue weighted by Crippen LogP contribution is 2.26. The molecule has 1 aromatic carbocycles. The van der Waals surface area contributed by atoms with Crippen LogP contribution in [0.5, 0.6) is 0 Å². The van der Waals surface area contributed by atoms with Gasteiger partial charge >= 0.3 is 0 Å². The van der Waals surface area contributed by atoms with E-state index in [9.17, 15) is 0 Å². The van der Waals surface area contributed by atoms with Crippen molar-refractivity contribution < 1.29 is 0 Å². The molecular weight excluding hydrogens is 268 g/mol. The monoisotopic (exact) mass is 296 g/mol. The van der Waals surface area contributed by atoms with Gasteiger partial charge in [-0.25, -0.2) is 0 Å². The minimum atomic E-state index is 0.373. The summed E-state index contributed by atoms with van der Waals surface area (Å²) in [5, 5.41) is 4.33. The van der Waals surface area contributed by atoms with Gasteiger partial charge in [-0.15, -0.1) is 0 Å². The molecule has 0 aliphatic carbocycles. The lowest BCUT2D eigenvalue weighted by Crippen LogP contribution is -2.25. The number of nitrogens with zero attached hydrogens (tertiary/aromatic N) is 1. The quantitative estimate of drug-likeness (QED) is 0.675. The van der Waals surface area contributed by atoms with Crippen LogP contribution in [0.1, 0.15) is 51.6 Å². The maximum absolute atomic E-state index is 6.26. The first-order valence-electron chi connectivity index (χ1n) is 7.70. The van der Waals surface area contributed by atoms with E-state index in [0.29, 0.717) is 12.1 Å². The van der Waals surface area contributed by atoms with Gasteiger partial charge in [0.2, 0.25) is 0 Å². The van der Waals surface area contributed by atoms with Crippen LogP contribution in [0.3, 0.4) is 0 Å². The second kappa shape index (κ2) is 9.38. The van der Waals surface area contributed by atoms with Crippen LogP contribution >= 0.6 is 11.6 Å². The van der Waals surface area contributed by atoms with Gasteiger partial charge in [0.15, 0.2) is 0 Å². The van der Waals surface area contributed by atoms with Crippen LogP contribution in [-0.4, -0.2) is 31.1 Å². The Hall–Kier alpha value is -0.570. The molecule has 0 aliphatic rings. The lowest BCUT2D eigenvalue weighted by Gasteiger charge is -2.25. The van der Waals surface area contributed by atoms with Gasteiger partial charge in [-0.2, -0.15) is 0 Å². The summed E-state index contributed by atoms with van der Waals surface area (Å²) < 4.78 is 0. The van der Waals surface area contributed by atoms with Crippen LogP contribution in [0.25, 0.3) is 0 Å². The minimum Gasteiger partial charge on any atom is -0.315 e. The summed E-state index contributed by atoms with van der Waals surface area (Å²) in [4.78, 5) is 2.39. The van der Waals surface area contributed by atoms with E-state index in [-0.39, 0.29) is 0 Å². The van der Waals surface area contributed by atoms with Crippen LogP contribution in [0, 0.1) is 0 Å². The normalized spacial score (nSPS) is 13.2. The molecule has 3 heteroatoms. The third kappa shape index (κ3) is 6.25. The molecule has 2 nitrogen and oxygen atoms in total. The molecule has 1 atom stereocenters. The fourth-order valence-corrected chi connectivity index (χ4v) is 2.59. The molecule has 1 rings (SSSR count). The van der Waals surface area contributed by atoms with E-state index in [2.05, 4.69) is 50.2 Å². The SMILES string of the molecule is CC(C)NCCCCCN(C)C(C)c1ccccc1Cl. The van der Waals surface area contributed by atoms with Crippen molar-refractivity contribution in [2.24, 2.45) is 0 Å². The van der Waals surface area contributed by atoms with Gasteiger partial charge in [-0.05, 0) is 51.5 Å². The summed E-state index contributed by atoms with van der Waals surface area (Å²) in [6, 6.07) is 9.11. The molecule has 0 radical (unpaired) electrons. The van der Waals surface area contributed by atoms with Crippen molar-refractivity contribution in [3.63, 3.8) is 0 Å². The van der Waals surface area contributed by atoms with E-state index >= 15 is 0 Å². The predicted molar refractivity (Wildman–Crippen MR) is 89.5 cm³/mol. The molecule has 1 unspecified atom stereocenters. The molecule has 0 aromatic heterocycles. The Morgan fingerprint density at radius 2 is 1.80 bits per heavy atom. The molecule has 20 heavy (non-hydrogen) atoms. The zero-order chi connectivity index (χ0) is 15.0. The van der Waals surface area contributed by atoms with Gasteiger partial charge in [0.25, 0.3) is 0 Å². The van der Waals surface area contributed by atoms with Crippen molar-refractivity contribution in [1.82, 2.24) is 10.2 Å². The van der Waals surface area contributed by atoms with E-state index in [4.69, 9.17) is 11.6 Å². The number of halogens is 1. The molecule has 0 saturated heterocycles.